The van der Waals surface area contributed by atoms with Crippen molar-refractivity contribution in [3.8, 4) is 17.2 Å². The van der Waals surface area contributed by atoms with Crippen LogP contribution in [0.25, 0.3) is 0 Å². The van der Waals surface area contributed by atoms with Crippen LogP contribution in [0.1, 0.15) is 20.8 Å². The number of hydrogen-bond acceptors (Lipinski definition) is 6. The third-order valence-corrected chi connectivity index (χ3v) is 4.13. The van der Waals surface area contributed by atoms with Gasteiger partial charge in [0.05, 0.1) is 27.5 Å². The summed E-state index contributed by atoms with van der Waals surface area (Å²) in [4.78, 5) is 13.2. The Labute approximate surface area is 138 Å². The largest absolute Gasteiger partial charge is 0.493 e. The van der Waals surface area contributed by atoms with Crippen LogP contribution < -0.4 is 19.6 Å². The second kappa shape index (κ2) is 7.64. The maximum absolute atomic E-state index is 12.2. The number of nitrogens with zero attached hydrogens (tertiary/aromatic N) is 1. The number of benzene rings is 1. The minimum Gasteiger partial charge on any atom is -0.493 e. The van der Waals surface area contributed by atoms with Gasteiger partial charge in [-0.2, -0.15) is 5.10 Å². The number of carbonyl (C=O) groups is 1. The number of hydrogen-bond donors (Lipinski definition) is 1. The van der Waals surface area contributed by atoms with E-state index in [0.717, 1.165) is 10.4 Å². The quantitative estimate of drug-likeness (QED) is 0.651. The lowest BCUT2D eigenvalue weighted by molar-refractivity contribution is 0.0954. The third kappa shape index (κ3) is 3.81. The molecule has 0 saturated carbocycles. The molecule has 0 aliphatic carbocycles. The highest BCUT2D eigenvalue weighted by molar-refractivity contribution is 7.11. The average molecular weight is 334 g/mol. The fourth-order valence-corrected chi connectivity index (χ4v) is 2.73. The van der Waals surface area contributed by atoms with E-state index in [1.54, 1.807) is 29.7 Å². The van der Waals surface area contributed by atoms with Gasteiger partial charge < -0.3 is 14.2 Å². The van der Waals surface area contributed by atoms with Crippen molar-refractivity contribution in [3.05, 3.63) is 39.6 Å². The minimum atomic E-state index is -0.366. The SMILES string of the molecule is COc1cc(C(=O)N/N=C/c2sccc2C)cc(OC)c1OC. The fraction of sp³-hybridized carbons (Fsp3) is 0.250. The van der Waals surface area contributed by atoms with Crippen molar-refractivity contribution in [2.45, 2.75) is 6.92 Å². The maximum atomic E-state index is 12.2. The highest BCUT2D eigenvalue weighted by Gasteiger charge is 2.16. The van der Waals surface area contributed by atoms with Crippen LogP contribution in [0.15, 0.2) is 28.7 Å². The molecule has 0 radical (unpaired) electrons. The van der Waals surface area contributed by atoms with Gasteiger partial charge in [0.2, 0.25) is 5.75 Å². The number of nitrogens with one attached hydrogen (secondary N) is 1. The van der Waals surface area contributed by atoms with Gasteiger partial charge in [0, 0.05) is 10.4 Å². The van der Waals surface area contributed by atoms with Gasteiger partial charge in [-0.15, -0.1) is 11.3 Å². The molecule has 2 aromatic rings. The second-order valence-corrected chi connectivity index (χ2v) is 5.53. The van der Waals surface area contributed by atoms with Crippen molar-refractivity contribution < 1.29 is 19.0 Å². The van der Waals surface area contributed by atoms with Gasteiger partial charge in [-0.1, -0.05) is 0 Å². The highest BCUT2D eigenvalue weighted by Crippen LogP contribution is 2.38. The van der Waals surface area contributed by atoms with Gasteiger partial charge in [0.1, 0.15) is 0 Å². The Morgan fingerprint density at radius 1 is 1.17 bits per heavy atom. The first-order chi connectivity index (χ1) is 11.1. The summed E-state index contributed by atoms with van der Waals surface area (Å²) in [5, 5.41) is 5.95. The summed E-state index contributed by atoms with van der Waals surface area (Å²) in [6.07, 6.45) is 1.62. The topological polar surface area (TPSA) is 69.2 Å². The number of aryl methyl sites for hydroxylation is 1. The van der Waals surface area contributed by atoms with E-state index in [1.807, 2.05) is 18.4 Å². The second-order valence-electron chi connectivity index (χ2n) is 4.58. The lowest BCUT2D eigenvalue weighted by atomic mass is 10.1. The van der Waals surface area contributed by atoms with Crippen LogP contribution in [0.4, 0.5) is 0 Å². The molecule has 1 amide bonds. The summed E-state index contributed by atoms with van der Waals surface area (Å²) >= 11 is 1.56. The molecule has 0 fully saturated rings. The molecule has 0 spiro atoms. The Morgan fingerprint density at radius 2 is 1.83 bits per heavy atom. The molecule has 6 nitrogen and oxygen atoms in total. The lowest BCUT2D eigenvalue weighted by Gasteiger charge is -2.13. The number of ether oxygens (including phenoxy) is 3. The van der Waals surface area contributed by atoms with Crippen molar-refractivity contribution >= 4 is 23.5 Å². The van der Waals surface area contributed by atoms with Crippen LogP contribution in [0.2, 0.25) is 0 Å². The van der Waals surface area contributed by atoms with E-state index >= 15 is 0 Å². The van der Waals surface area contributed by atoms with E-state index in [4.69, 9.17) is 14.2 Å². The van der Waals surface area contributed by atoms with Gasteiger partial charge in [-0.05, 0) is 36.1 Å². The molecule has 0 bridgehead atoms. The molecular weight excluding hydrogens is 316 g/mol. The summed E-state index contributed by atoms with van der Waals surface area (Å²) in [5.41, 5.74) is 3.96. The van der Waals surface area contributed by atoms with E-state index in [-0.39, 0.29) is 5.91 Å². The van der Waals surface area contributed by atoms with Crippen molar-refractivity contribution in [1.29, 1.82) is 0 Å². The maximum Gasteiger partial charge on any atom is 0.271 e. The molecule has 0 unspecified atom stereocenters. The number of rotatable bonds is 6. The standard InChI is InChI=1S/C16H18N2O4S/c1-10-5-6-23-14(10)9-17-18-16(19)11-7-12(20-2)15(22-4)13(8-11)21-3/h5-9H,1-4H3,(H,18,19)/b17-9+. The monoisotopic (exact) mass is 334 g/mol. The van der Waals surface area contributed by atoms with Gasteiger partial charge >= 0.3 is 0 Å². The first kappa shape index (κ1) is 16.8. The summed E-state index contributed by atoms with van der Waals surface area (Å²) in [6.45, 7) is 1.98. The van der Waals surface area contributed by atoms with Gasteiger partial charge in [-0.25, -0.2) is 5.43 Å². The summed E-state index contributed by atoms with van der Waals surface area (Å²) in [5.74, 6) is 0.893. The minimum absolute atomic E-state index is 0.361. The zero-order valence-electron chi connectivity index (χ0n) is 13.4. The van der Waals surface area contributed by atoms with E-state index in [2.05, 4.69) is 10.5 Å². The van der Waals surface area contributed by atoms with Gasteiger partial charge in [0.15, 0.2) is 11.5 Å². The molecular formula is C16H18N2O4S. The van der Waals surface area contributed by atoms with E-state index < -0.39 is 0 Å². The molecule has 0 aliphatic heterocycles. The third-order valence-electron chi connectivity index (χ3n) is 3.18. The molecule has 2 rings (SSSR count). The van der Waals surface area contributed by atoms with Crippen LogP contribution in [-0.2, 0) is 0 Å². The molecule has 1 N–H and O–H groups in total. The Balaban J connectivity index is 2.19. The Hall–Kier alpha value is -2.54. The number of methoxy groups -OCH3 is 3. The number of thiophene rings is 1. The van der Waals surface area contributed by atoms with Gasteiger partial charge in [0.25, 0.3) is 5.91 Å². The van der Waals surface area contributed by atoms with E-state index in [1.165, 1.54) is 21.3 Å². The smallest absolute Gasteiger partial charge is 0.271 e. The molecule has 1 aromatic carbocycles. The van der Waals surface area contributed by atoms with Crippen LogP contribution >= 0.6 is 11.3 Å². The average Bonchev–Trinajstić information content (AvgIpc) is 2.98. The van der Waals surface area contributed by atoms with Crippen LogP contribution in [0.3, 0.4) is 0 Å². The zero-order valence-corrected chi connectivity index (χ0v) is 14.2. The molecule has 1 aromatic heterocycles. The fourth-order valence-electron chi connectivity index (χ4n) is 1.94. The number of carbonyl (C=O) groups excluding carboxylic acids is 1. The molecule has 23 heavy (non-hydrogen) atoms. The molecule has 1 heterocycles. The number of hydrazone groups is 1. The predicted octanol–water partition coefficient (Wildman–Crippen LogP) is 2.85. The Bertz CT molecular complexity index is 700. The van der Waals surface area contributed by atoms with Crippen molar-refractivity contribution in [1.82, 2.24) is 5.43 Å². The van der Waals surface area contributed by atoms with Crippen molar-refractivity contribution in [2.75, 3.05) is 21.3 Å². The summed E-state index contributed by atoms with van der Waals surface area (Å²) in [6, 6.07) is 5.14. The molecule has 122 valence electrons. The molecule has 0 atom stereocenters. The van der Waals surface area contributed by atoms with Crippen LogP contribution in [0, 0.1) is 6.92 Å². The Kier molecular flexibility index (Phi) is 5.59. The lowest BCUT2D eigenvalue weighted by Crippen LogP contribution is -2.18. The first-order valence-corrected chi connectivity index (χ1v) is 7.66. The molecule has 0 saturated heterocycles. The predicted molar refractivity (Wildman–Crippen MR) is 90.2 cm³/mol. The highest BCUT2D eigenvalue weighted by atomic mass is 32.1. The number of amides is 1. The van der Waals surface area contributed by atoms with E-state index in [9.17, 15) is 4.79 Å². The summed E-state index contributed by atoms with van der Waals surface area (Å²) < 4.78 is 15.7. The zero-order chi connectivity index (χ0) is 16.8. The van der Waals surface area contributed by atoms with Crippen molar-refractivity contribution in [3.63, 3.8) is 0 Å². The normalized spacial score (nSPS) is 10.6. The molecule has 7 heteroatoms. The molecule has 0 aliphatic rings. The van der Waals surface area contributed by atoms with E-state index in [0.29, 0.717) is 22.8 Å². The van der Waals surface area contributed by atoms with Crippen LogP contribution in [0.5, 0.6) is 17.2 Å². The summed E-state index contributed by atoms with van der Waals surface area (Å²) in [7, 11) is 4.50. The van der Waals surface area contributed by atoms with Gasteiger partial charge in [-0.3, -0.25) is 4.79 Å². The van der Waals surface area contributed by atoms with Crippen molar-refractivity contribution in [2.24, 2.45) is 5.10 Å². The first-order valence-electron chi connectivity index (χ1n) is 6.78. The Morgan fingerprint density at radius 3 is 2.30 bits per heavy atom. The van der Waals surface area contributed by atoms with Crippen LogP contribution in [-0.4, -0.2) is 33.5 Å².